The van der Waals surface area contributed by atoms with E-state index in [1.165, 1.54) is 0 Å². The summed E-state index contributed by atoms with van der Waals surface area (Å²) >= 11 is 0. The molecule has 0 spiro atoms. The minimum atomic E-state index is -4.36. The molecule has 0 fully saturated rings. The normalized spacial score (nSPS) is 11.3. The number of nitrogens with two attached hydrogens (primary N) is 1. The fourth-order valence-electron chi connectivity index (χ4n) is 0.932. The number of aromatic carboxylic acids is 1. The Morgan fingerprint density at radius 1 is 1.40 bits per heavy atom. The lowest BCUT2D eigenvalue weighted by Gasteiger charge is -2.04. The molecule has 0 bridgehead atoms. The average molecular weight is 235 g/mol. The Morgan fingerprint density at radius 2 is 1.93 bits per heavy atom. The van der Waals surface area contributed by atoms with Crippen molar-refractivity contribution in [3.8, 4) is 5.75 Å². The van der Waals surface area contributed by atoms with E-state index in [0.717, 1.165) is 0 Å². The lowest BCUT2D eigenvalue weighted by Crippen LogP contribution is -2.15. The zero-order valence-electron chi connectivity index (χ0n) is 7.14. The Kier molecular flexibility index (Phi) is 2.65. The molecule has 0 heterocycles. The second kappa shape index (κ2) is 3.48. The molecule has 0 aliphatic rings. The van der Waals surface area contributed by atoms with Crippen LogP contribution in [0.2, 0.25) is 0 Å². The fourth-order valence-corrected chi connectivity index (χ4v) is 1.55. The minimum absolute atomic E-state index is 0.378. The predicted octanol–water partition coefficient (Wildman–Crippen LogP) is -0.123. The Balaban J connectivity index is 3.58. The summed E-state index contributed by atoms with van der Waals surface area (Å²) in [7, 11) is -4.36. The summed E-state index contributed by atoms with van der Waals surface area (Å²) in [5.74, 6) is -3.76. The van der Waals surface area contributed by atoms with Crippen molar-refractivity contribution in [3.05, 3.63) is 23.5 Å². The fraction of sp³-hybridized carbons (Fsp3) is 0. The van der Waals surface area contributed by atoms with Gasteiger partial charge in [0.05, 0.1) is 0 Å². The van der Waals surface area contributed by atoms with Crippen molar-refractivity contribution in [2.75, 3.05) is 0 Å². The molecule has 0 aromatic heterocycles. The van der Waals surface area contributed by atoms with Crippen LogP contribution in [0, 0.1) is 5.82 Å². The van der Waals surface area contributed by atoms with Crippen LogP contribution >= 0.6 is 0 Å². The van der Waals surface area contributed by atoms with Gasteiger partial charge in [-0.15, -0.1) is 0 Å². The average Bonchev–Trinajstić information content (AvgIpc) is 2.00. The van der Waals surface area contributed by atoms with Gasteiger partial charge in [0.1, 0.15) is 22.0 Å². The van der Waals surface area contributed by atoms with Gasteiger partial charge in [-0.1, -0.05) is 0 Å². The smallest absolute Gasteiger partial charge is 0.339 e. The first-order chi connectivity index (χ1) is 6.73. The zero-order chi connectivity index (χ0) is 11.8. The van der Waals surface area contributed by atoms with Gasteiger partial charge in [0.15, 0.2) is 0 Å². The van der Waals surface area contributed by atoms with Crippen LogP contribution in [0.25, 0.3) is 0 Å². The van der Waals surface area contributed by atoms with Crippen LogP contribution in [0.1, 0.15) is 10.4 Å². The summed E-state index contributed by atoms with van der Waals surface area (Å²) < 4.78 is 34.6. The highest BCUT2D eigenvalue weighted by Gasteiger charge is 2.20. The van der Waals surface area contributed by atoms with Gasteiger partial charge in [-0.3, -0.25) is 0 Å². The second-order valence-corrected chi connectivity index (χ2v) is 4.18. The van der Waals surface area contributed by atoms with Gasteiger partial charge in [-0.25, -0.2) is 22.7 Å². The third-order valence-corrected chi connectivity index (χ3v) is 2.51. The van der Waals surface area contributed by atoms with E-state index in [0.29, 0.717) is 12.1 Å². The lowest BCUT2D eigenvalue weighted by atomic mass is 10.2. The zero-order valence-corrected chi connectivity index (χ0v) is 7.95. The number of halogens is 1. The first kappa shape index (κ1) is 11.4. The highest BCUT2D eigenvalue weighted by Crippen LogP contribution is 2.23. The molecule has 0 saturated carbocycles. The summed E-state index contributed by atoms with van der Waals surface area (Å²) in [5, 5.41) is 22.2. The predicted molar refractivity (Wildman–Crippen MR) is 46.4 cm³/mol. The monoisotopic (exact) mass is 235 g/mol. The van der Waals surface area contributed by atoms with Crippen molar-refractivity contribution in [2.45, 2.75) is 4.90 Å². The molecule has 0 amide bonds. The van der Waals surface area contributed by atoms with Crippen molar-refractivity contribution >= 4 is 16.0 Å². The van der Waals surface area contributed by atoms with Crippen molar-refractivity contribution < 1.29 is 27.8 Å². The number of hydrogen-bond donors (Lipinski definition) is 3. The molecule has 0 atom stereocenters. The third kappa shape index (κ3) is 2.22. The summed E-state index contributed by atoms with van der Waals surface area (Å²) in [6.07, 6.45) is 0. The van der Waals surface area contributed by atoms with E-state index in [1.54, 1.807) is 0 Å². The largest absolute Gasteiger partial charge is 0.507 e. The van der Waals surface area contributed by atoms with E-state index in [4.69, 9.17) is 10.2 Å². The van der Waals surface area contributed by atoms with Gasteiger partial charge in [0.2, 0.25) is 10.0 Å². The van der Waals surface area contributed by atoms with Gasteiger partial charge < -0.3 is 10.2 Å². The molecule has 0 radical (unpaired) electrons. The van der Waals surface area contributed by atoms with Crippen LogP contribution in [-0.4, -0.2) is 24.6 Å². The van der Waals surface area contributed by atoms with Crippen molar-refractivity contribution in [1.29, 1.82) is 0 Å². The summed E-state index contributed by atoms with van der Waals surface area (Å²) in [6, 6.07) is 0.839. The molecular formula is C7H6FNO5S. The molecule has 0 saturated heterocycles. The molecule has 1 aromatic carbocycles. The molecule has 15 heavy (non-hydrogen) atoms. The van der Waals surface area contributed by atoms with Crippen molar-refractivity contribution in [1.82, 2.24) is 0 Å². The van der Waals surface area contributed by atoms with Gasteiger partial charge in [0, 0.05) is 6.07 Å². The van der Waals surface area contributed by atoms with Gasteiger partial charge in [0.25, 0.3) is 0 Å². The maximum absolute atomic E-state index is 13.0. The molecule has 0 unspecified atom stereocenters. The summed E-state index contributed by atoms with van der Waals surface area (Å²) in [4.78, 5) is 9.52. The highest BCUT2D eigenvalue weighted by molar-refractivity contribution is 7.89. The summed E-state index contributed by atoms with van der Waals surface area (Å²) in [6.45, 7) is 0. The third-order valence-electron chi connectivity index (χ3n) is 1.59. The number of carboxylic acid groups (broad SMARTS) is 1. The van der Waals surface area contributed by atoms with E-state index in [-0.39, 0.29) is 0 Å². The number of hydrogen-bond acceptors (Lipinski definition) is 4. The SMILES string of the molecule is NS(=O)(=O)c1cc(C(=O)O)c(O)cc1F. The van der Waals surface area contributed by atoms with Gasteiger partial charge in [-0.2, -0.15) is 0 Å². The maximum atomic E-state index is 13.0. The molecule has 4 N–H and O–H groups in total. The molecule has 0 aliphatic carbocycles. The highest BCUT2D eigenvalue weighted by atomic mass is 32.2. The van der Waals surface area contributed by atoms with Crippen LogP contribution in [0.5, 0.6) is 5.75 Å². The summed E-state index contributed by atoms with van der Waals surface area (Å²) in [5.41, 5.74) is -0.736. The molecule has 82 valence electrons. The molecule has 1 rings (SSSR count). The van der Waals surface area contributed by atoms with Crippen LogP contribution < -0.4 is 5.14 Å². The standard InChI is InChI=1S/C7H6FNO5S/c8-4-2-5(10)3(7(11)12)1-6(4)15(9,13)14/h1-2,10H,(H,11,12)(H2,9,13,14). The Morgan fingerprint density at radius 3 is 2.33 bits per heavy atom. The number of rotatable bonds is 2. The topological polar surface area (TPSA) is 118 Å². The molecular weight excluding hydrogens is 229 g/mol. The number of aromatic hydroxyl groups is 1. The van der Waals surface area contributed by atoms with Crippen molar-refractivity contribution in [2.24, 2.45) is 5.14 Å². The van der Waals surface area contributed by atoms with Crippen LogP contribution in [0.4, 0.5) is 4.39 Å². The maximum Gasteiger partial charge on any atom is 0.339 e. The molecule has 6 nitrogen and oxygen atoms in total. The Labute approximate surface area is 83.8 Å². The van der Waals surface area contributed by atoms with E-state index in [9.17, 15) is 17.6 Å². The molecule has 1 aromatic rings. The van der Waals surface area contributed by atoms with Gasteiger partial charge in [-0.05, 0) is 6.07 Å². The van der Waals surface area contributed by atoms with E-state index >= 15 is 0 Å². The van der Waals surface area contributed by atoms with E-state index < -0.39 is 38.0 Å². The van der Waals surface area contributed by atoms with Crippen molar-refractivity contribution in [3.63, 3.8) is 0 Å². The number of carboxylic acids is 1. The van der Waals surface area contributed by atoms with E-state index in [1.807, 2.05) is 0 Å². The number of primary sulfonamides is 1. The molecule has 8 heteroatoms. The molecule has 0 aliphatic heterocycles. The first-order valence-electron chi connectivity index (χ1n) is 3.52. The first-order valence-corrected chi connectivity index (χ1v) is 5.06. The number of sulfonamides is 1. The van der Waals surface area contributed by atoms with Crippen LogP contribution in [0.15, 0.2) is 17.0 Å². The van der Waals surface area contributed by atoms with Gasteiger partial charge >= 0.3 is 5.97 Å². The Bertz CT molecular complexity index is 524. The number of benzene rings is 1. The van der Waals surface area contributed by atoms with Crippen LogP contribution in [0.3, 0.4) is 0 Å². The number of phenols is 1. The quantitative estimate of drug-likeness (QED) is 0.660. The number of carbonyl (C=O) groups is 1. The minimum Gasteiger partial charge on any atom is -0.507 e. The Hall–Kier alpha value is -1.67. The second-order valence-electron chi connectivity index (χ2n) is 2.65. The van der Waals surface area contributed by atoms with Crippen LogP contribution in [-0.2, 0) is 10.0 Å². The lowest BCUT2D eigenvalue weighted by molar-refractivity contribution is 0.0693. The van der Waals surface area contributed by atoms with E-state index in [2.05, 4.69) is 5.14 Å².